The van der Waals surface area contributed by atoms with Gasteiger partial charge in [0, 0.05) is 29.5 Å². The Bertz CT molecular complexity index is 703. The Morgan fingerprint density at radius 1 is 1.17 bits per heavy atom. The molecule has 90 valence electrons. The first-order valence-electron chi connectivity index (χ1n) is 5.70. The minimum Gasteiger partial charge on any atom is -0.326 e. The van der Waals surface area contributed by atoms with Gasteiger partial charge in [-0.05, 0) is 23.8 Å². The van der Waals surface area contributed by atoms with Crippen molar-refractivity contribution in [3.05, 3.63) is 59.4 Å². The number of fused-ring (bicyclic) bond motifs is 1. The van der Waals surface area contributed by atoms with Crippen LogP contribution in [0.1, 0.15) is 5.56 Å². The molecule has 0 atom stereocenters. The second-order valence-corrected chi connectivity index (χ2v) is 4.58. The van der Waals surface area contributed by atoms with E-state index < -0.39 is 0 Å². The maximum Gasteiger partial charge on any atom is 0.137 e. The summed E-state index contributed by atoms with van der Waals surface area (Å²) in [5.41, 5.74) is 9.54. The molecule has 0 radical (unpaired) electrons. The Kier molecular flexibility index (Phi) is 2.78. The molecule has 0 aliphatic heterocycles. The van der Waals surface area contributed by atoms with Crippen LogP contribution in [0, 0.1) is 0 Å². The SMILES string of the molecule is NCc1ccc2nc(-c3cccc(Cl)c3)cn2c1. The molecule has 0 bridgehead atoms. The highest BCUT2D eigenvalue weighted by molar-refractivity contribution is 6.30. The van der Waals surface area contributed by atoms with Crippen molar-refractivity contribution in [3.63, 3.8) is 0 Å². The van der Waals surface area contributed by atoms with Crippen molar-refractivity contribution in [2.45, 2.75) is 6.54 Å². The largest absolute Gasteiger partial charge is 0.326 e. The normalized spacial score (nSPS) is 11.0. The summed E-state index contributed by atoms with van der Waals surface area (Å²) in [7, 11) is 0. The number of nitrogens with two attached hydrogens (primary N) is 1. The predicted molar refractivity (Wildman–Crippen MR) is 73.5 cm³/mol. The minimum absolute atomic E-state index is 0.528. The van der Waals surface area contributed by atoms with Gasteiger partial charge in [0.1, 0.15) is 5.65 Å². The van der Waals surface area contributed by atoms with Crippen LogP contribution in [0.15, 0.2) is 48.8 Å². The van der Waals surface area contributed by atoms with E-state index in [9.17, 15) is 0 Å². The van der Waals surface area contributed by atoms with Gasteiger partial charge >= 0.3 is 0 Å². The molecule has 3 nitrogen and oxygen atoms in total. The van der Waals surface area contributed by atoms with E-state index in [0.717, 1.165) is 22.5 Å². The number of hydrogen-bond donors (Lipinski definition) is 1. The summed E-state index contributed by atoms with van der Waals surface area (Å²) >= 11 is 5.99. The number of rotatable bonds is 2. The molecule has 0 saturated carbocycles. The van der Waals surface area contributed by atoms with Gasteiger partial charge in [0.2, 0.25) is 0 Å². The zero-order valence-electron chi connectivity index (χ0n) is 9.68. The second kappa shape index (κ2) is 4.44. The number of benzene rings is 1. The molecule has 0 spiro atoms. The number of nitrogens with zero attached hydrogens (tertiary/aromatic N) is 2. The summed E-state index contributed by atoms with van der Waals surface area (Å²) in [4.78, 5) is 4.56. The summed E-state index contributed by atoms with van der Waals surface area (Å²) in [6, 6.07) is 11.6. The highest BCUT2D eigenvalue weighted by atomic mass is 35.5. The molecular formula is C14H12ClN3. The van der Waals surface area contributed by atoms with E-state index in [0.29, 0.717) is 11.6 Å². The third kappa shape index (κ3) is 1.98. The lowest BCUT2D eigenvalue weighted by molar-refractivity contribution is 1.03. The maximum absolute atomic E-state index is 5.99. The summed E-state index contributed by atoms with van der Waals surface area (Å²) < 4.78 is 1.98. The Morgan fingerprint density at radius 3 is 2.83 bits per heavy atom. The third-order valence-electron chi connectivity index (χ3n) is 2.87. The molecule has 2 N–H and O–H groups in total. The van der Waals surface area contributed by atoms with Crippen molar-refractivity contribution in [3.8, 4) is 11.3 Å². The standard InChI is InChI=1S/C14H12ClN3/c15-12-3-1-2-11(6-12)13-9-18-8-10(7-16)4-5-14(18)17-13/h1-6,8-9H,7,16H2. The highest BCUT2D eigenvalue weighted by Crippen LogP contribution is 2.22. The molecule has 0 aliphatic rings. The van der Waals surface area contributed by atoms with Crippen molar-refractivity contribution in [2.24, 2.45) is 5.73 Å². The molecular weight excluding hydrogens is 246 g/mol. The smallest absolute Gasteiger partial charge is 0.137 e. The number of aromatic nitrogens is 2. The zero-order valence-corrected chi connectivity index (χ0v) is 10.4. The van der Waals surface area contributed by atoms with Crippen LogP contribution in [0.5, 0.6) is 0 Å². The maximum atomic E-state index is 5.99. The van der Waals surface area contributed by atoms with Crippen LogP contribution in [0.4, 0.5) is 0 Å². The van der Waals surface area contributed by atoms with E-state index >= 15 is 0 Å². The van der Waals surface area contributed by atoms with Crippen molar-refractivity contribution >= 4 is 17.2 Å². The summed E-state index contributed by atoms with van der Waals surface area (Å²) in [5, 5.41) is 0.715. The fourth-order valence-corrected chi connectivity index (χ4v) is 2.14. The summed E-state index contributed by atoms with van der Waals surface area (Å²) in [6.07, 6.45) is 3.98. The van der Waals surface area contributed by atoms with Gasteiger partial charge in [0.15, 0.2) is 0 Å². The Morgan fingerprint density at radius 2 is 2.06 bits per heavy atom. The first kappa shape index (κ1) is 11.3. The van der Waals surface area contributed by atoms with Crippen molar-refractivity contribution in [1.29, 1.82) is 0 Å². The van der Waals surface area contributed by atoms with E-state index in [1.807, 2.05) is 53.2 Å². The molecule has 18 heavy (non-hydrogen) atoms. The summed E-state index contributed by atoms with van der Waals surface area (Å²) in [5.74, 6) is 0. The lowest BCUT2D eigenvalue weighted by Gasteiger charge is -1.96. The van der Waals surface area contributed by atoms with Gasteiger partial charge in [0.25, 0.3) is 0 Å². The Labute approximate surface area is 110 Å². The van der Waals surface area contributed by atoms with Gasteiger partial charge < -0.3 is 10.1 Å². The van der Waals surface area contributed by atoms with Crippen LogP contribution in [0.25, 0.3) is 16.9 Å². The molecule has 0 amide bonds. The fourth-order valence-electron chi connectivity index (χ4n) is 1.95. The van der Waals surface area contributed by atoms with Crippen molar-refractivity contribution < 1.29 is 0 Å². The first-order chi connectivity index (χ1) is 8.76. The number of hydrogen-bond acceptors (Lipinski definition) is 2. The monoisotopic (exact) mass is 257 g/mol. The molecule has 0 fully saturated rings. The number of imidazole rings is 1. The topological polar surface area (TPSA) is 43.3 Å². The lowest BCUT2D eigenvalue weighted by Crippen LogP contribution is -1.97. The van der Waals surface area contributed by atoms with Gasteiger partial charge in [-0.1, -0.05) is 29.8 Å². The quantitative estimate of drug-likeness (QED) is 0.767. The van der Waals surface area contributed by atoms with Crippen LogP contribution < -0.4 is 5.73 Å². The molecule has 0 saturated heterocycles. The van der Waals surface area contributed by atoms with Crippen LogP contribution in [-0.2, 0) is 6.54 Å². The van der Waals surface area contributed by atoms with Gasteiger partial charge in [-0.15, -0.1) is 0 Å². The first-order valence-corrected chi connectivity index (χ1v) is 6.08. The molecule has 2 heterocycles. The average Bonchev–Trinajstić information content (AvgIpc) is 2.81. The lowest BCUT2D eigenvalue weighted by atomic mass is 10.2. The van der Waals surface area contributed by atoms with E-state index in [1.54, 1.807) is 0 Å². The summed E-state index contributed by atoms with van der Waals surface area (Å²) in [6.45, 7) is 0.528. The fraction of sp³-hybridized carbons (Fsp3) is 0.0714. The molecule has 0 unspecified atom stereocenters. The van der Waals surface area contributed by atoms with E-state index in [4.69, 9.17) is 17.3 Å². The number of pyridine rings is 1. The molecule has 0 aliphatic carbocycles. The van der Waals surface area contributed by atoms with E-state index in [2.05, 4.69) is 4.98 Å². The van der Waals surface area contributed by atoms with Crippen molar-refractivity contribution in [2.75, 3.05) is 0 Å². The van der Waals surface area contributed by atoms with Gasteiger partial charge in [0.05, 0.1) is 5.69 Å². The van der Waals surface area contributed by atoms with E-state index in [1.165, 1.54) is 0 Å². The highest BCUT2D eigenvalue weighted by Gasteiger charge is 2.05. The minimum atomic E-state index is 0.528. The second-order valence-electron chi connectivity index (χ2n) is 4.14. The number of halogens is 1. The predicted octanol–water partition coefficient (Wildman–Crippen LogP) is 3.11. The van der Waals surface area contributed by atoms with Crippen molar-refractivity contribution in [1.82, 2.24) is 9.38 Å². The molecule has 2 aromatic heterocycles. The average molecular weight is 258 g/mol. The van der Waals surface area contributed by atoms with Crippen LogP contribution in [0.3, 0.4) is 0 Å². The molecule has 3 rings (SSSR count). The molecule has 3 aromatic rings. The Balaban J connectivity index is 2.13. The van der Waals surface area contributed by atoms with E-state index in [-0.39, 0.29) is 0 Å². The van der Waals surface area contributed by atoms with Crippen LogP contribution in [-0.4, -0.2) is 9.38 Å². The zero-order chi connectivity index (χ0) is 12.5. The molecule has 4 heteroatoms. The van der Waals surface area contributed by atoms with Gasteiger partial charge in [-0.25, -0.2) is 4.98 Å². The van der Waals surface area contributed by atoms with Crippen LogP contribution >= 0.6 is 11.6 Å². The third-order valence-corrected chi connectivity index (χ3v) is 3.10. The van der Waals surface area contributed by atoms with Gasteiger partial charge in [-0.3, -0.25) is 0 Å². The van der Waals surface area contributed by atoms with Gasteiger partial charge in [-0.2, -0.15) is 0 Å². The molecule has 1 aromatic carbocycles. The Hall–Kier alpha value is -1.84. The van der Waals surface area contributed by atoms with Crippen LogP contribution in [0.2, 0.25) is 5.02 Å².